The molecule has 0 aliphatic heterocycles. The molecule has 0 aromatic heterocycles. The van der Waals surface area contributed by atoms with Gasteiger partial charge in [-0.1, -0.05) is 11.6 Å². The fraction of sp³-hybridized carbons (Fsp3) is 0.455. The van der Waals surface area contributed by atoms with Gasteiger partial charge in [-0.2, -0.15) is 0 Å². The van der Waals surface area contributed by atoms with Crippen molar-refractivity contribution in [2.75, 3.05) is 13.2 Å². The molecule has 1 saturated carbocycles. The summed E-state index contributed by atoms with van der Waals surface area (Å²) in [5.41, 5.74) is 4.87. The molecule has 0 heterocycles. The van der Waals surface area contributed by atoms with E-state index in [1.165, 1.54) is 12.1 Å². The molecule has 3 N–H and O–H groups in total. The molecule has 0 saturated heterocycles. The molecule has 1 aromatic rings. The average Bonchev–Trinajstić information content (AvgIpc) is 3.06. The van der Waals surface area contributed by atoms with Gasteiger partial charge in [0.2, 0.25) is 0 Å². The first-order valence-electron chi connectivity index (χ1n) is 5.27. The Kier molecular flexibility index (Phi) is 3.20. The SMILES string of the molecule is NCC1(CO)CC1S(=O)(=O)c1ccc(Cl)cc1. The molecule has 2 unspecified atom stereocenters. The van der Waals surface area contributed by atoms with E-state index in [0.717, 1.165) is 0 Å². The van der Waals surface area contributed by atoms with Gasteiger partial charge in [0.05, 0.1) is 16.8 Å². The van der Waals surface area contributed by atoms with Crippen LogP contribution in [0.25, 0.3) is 0 Å². The van der Waals surface area contributed by atoms with Crippen molar-refractivity contribution in [2.45, 2.75) is 16.6 Å². The Morgan fingerprint density at radius 2 is 2.00 bits per heavy atom. The van der Waals surface area contributed by atoms with Gasteiger partial charge in [-0.25, -0.2) is 8.42 Å². The van der Waals surface area contributed by atoms with E-state index >= 15 is 0 Å². The lowest BCUT2D eigenvalue weighted by Crippen LogP contribution is -2.27. The van der Waals surface area contributed by atoms with Crippen LogP contribution in [0.1, 0.15) is 6.42 Å². The maximum atomic E-state index is 12.2. The maximum Gasteiger partial charge on any atom is 0.181 e. The topological polar surface area (TPSA) is 80.4 Å². The molecule has 0 radical (unpaired) electrons. The van der Waals surface area contributed by atoms with Gasteiger partial charge >= 0.3 is 0 Å². The van der Waals surface area contributed by atoms with Crippen LogP contribution in [0.5, 0.6) is 0 Å². The van der Waals surface area contributed by atoms with E-state index in [0.29, 0.717) is 11.4 Å². The molecule has 0 spiro atoms. The Bertz CT molecular complexity index is 508. The second-order valence-corrected chi connectivity index (χ2v) is 6.98. The summed E-state index contributed by atoms with van der Waals surface area (Å²) in [6.45, 7) is -0.0119. The minimum atomic E-state index is -3.41. The quantitative estimate of drug-likeness (QED) is 0.853. The summed E-state index contributed by atoms with van der Waals surface area (Å²) in [7, 11) is -3.41. The number of nitrogens with two attached hydrogens (primary N) is 1. The molecule has 6 heteroatoms. The van der Waals surface area contributed by atoms with Crippen molar-refractivity contribution >= 4 is 21.4 Å². The molecular weight excluding hydrogens is 262 g/mol. The summed E-state index contributed by atoms with van der Waals surface area (Å²) in [5, 5.41) is 9.13. The zero-order valence-corrected chi connectivity index (χ0v) is 10.7. The molecule has 1 aliphatic rings. The molecule has 4 nitrogen and oxygen atoms in total. The number of benzene rings is 1. The fourth-order valence-corrected chi connectivity index (χ4v) is 4.33. The number of hydrogen-bond acceptors (Lipinski definition) is 4. The number of rotatable bonds is 4. The minimum Gasteiger partial charge on any atom is -0.396 e. The number of aliphatic hydroxyl groups is 1. The van der Waals surface area contributed by atoms with Gasteiger partial charge < -0.3 is 10.8 Å². The molecule has 1 aliphatic carbocycles. The predicted octanol–water partition coefficient (Wildman–Crippen LogP) is 0.823. The molecule has 0 amide bonds. The highest BCUT2D eigenvalue weighted by atomic mass is 35.5. The number of hydrogen-bond donors (Lipinski definition) is 2. The van der Waals surface area contributed by atoms with Crippen molar-refractivity contribution in [3.05, 3.63) is 29.3 Å². The lowest BCUT2D eigenvalue weighted by atomic mass is 10.1. The zero-order chi connectivity index (χ0) is 12.7. The van der Waals surface area contributed by atoms with Crippen LogP contribution in [-0.4, -0.2) is 31.9 Å². The van der Waals surface area contributed by atoms with E-state index in [4.69, 9.17) is 17.3 Å². The standard InChI is InChI=1S/C11H14ClNO3S/c12-8-1-3-9(4-2-8)17(15,16)10-5-11(10,6-13)7-14/h1-4,10,14H,5-7,13H2. The highest BCUT2D eigenvalue weighted by molar-refractivity contribution is 7.92. The van der Waals surface area contributed by atoms with Crippen molar-refractivity contribution in [2.24, 2.45) is 11.1 Å². The molecule has 94 valence electrons. The smallest absolute Gasteiger partial charge is 0.181 e. The van der Waals surface area contributed by atoms with Crippen LogP contribution >= 0.6 is 11.6 Å². The molecular formula is C11H14ClNO3S. The van der Waals surface area contributed by atoms with Crippen LogP contribution in [-0.2, 0) is 9.84 Å². The van der Waals surface area contributed by atoms with Crippen molar-refractivity contribution in [1.82, 2.24) is 0 Å². The van der Waals surface area contributed by atoms with E-state index < -0.39 is 20.5 Å². The first kappa shape index (κ1) is 12.8. The summed E-state index contributed by atoms with van der Waals surface area (Å²) in [6, 6.07) is 6.04. The molecule has 1 fully saturated rings. The lowest BCUT2D eigenvalue weighted by Gasteiger charge is -2.11. The number of sulfone groups is 1. The van der Waals surface area contributed by atoms with Gasteiger partial charge in [-0.15, -0.1) is 0 Å². The van der Waals surface area contributed by atoms with Crippen molar-refractivity contribution < 1.29 is 13.5 Å². The van der Waals surface area contributed by atoms with Gasteiger partial charge in [0.1, 0.15) is 0 Å². The van der Waals surface area contributed by atoms with Crippen molar-refractivity contribution in [3.8, 4) is 0 Å². The van der Waals surface area contributed by atoms with Gasteiger partial charge in [-0.05, 0) is 30.7 Å². The number of halogens is 1. The minimum absolute atomic E-state index is 0.182. The van der Waals surface area contributed by atoms with Gasteiger partial charge in [0.25, 0.3) is 0 Å². The molecule has 1 aromatic carbocycles. The second-order valence-electron chi connectivity index (χ2n) is 4.42. The van der Waals surface area contributed by atoms with E-state index in [2.05, 4.69) is 0 Å². The highest BCUT2D eigenvalue weighted by Gasteiger charge is 2.60. The van der Waals surface area contributed by atoms with Crippen LogP contribution in [0.2, 0.25) is 5.02 Å². The zero-order valence-electron chi connectivity index (χ0n) is 9.14. The molecule has 2 atom stereocenters. The summed E-state index contributed by atoms with van der Waals surface area (Å²) < 4.78 is 24.5. The second kappa shape index (κ2) is 4.24. The van der Waals surface area contributed by atoms with Gasteiger partial charge in [0, 0.05) is 17.0 Å². The first-order chi connectivity index (χ1) is 7.96. The molecule has 17 heavy (non-hydrogen) atoms. The van der Waals surface area contributed by atoms with E-state index in [1.54, 1.807) is 12.1 Å². The normalized spacial score (nSPS) is 28.1. The molecule has 2 rings (SSSR count). The van der Waals surface area contributed by atoms with Crippen molar-refractivity contribution in [3.63, 3.8) is 0 Å². The van der Waals surface area contributed by atoms with Crippen LogP contribution in [0.15, 0.2) is 29.2 Å². The Morgan fingerprint density at radius 1 is 1.41 bits per heavy atom. The Balaban J connectivity index is 2.30. The lowest BCUT2D eigenvalue weighted by molar-refractivity contribution is 0.217. The third kappa shape index (κ3) is 2.08. The summed E-state index contributed by atoms with van der Waals surface area (Å²) in [4.78, 5) is 0.232. The van der Waals surface area contributed by atoms with Gasteiger partial charge in [-0.3, -0.25) is 0 Å². The summed E-state index contributed by atoms with van der Waals surface area (Å²) in [6.07, 6.45) is 0.422. The average molecular weight is 276 g/mol. The largest absolute Gasteiger partial charge is 0.396 e. The Hall–Kier alpha value is -0.620. The Labute approximate surface area is 105 Å². The summed E-state index contributed by atoms with van der Waals surface area (Å²) in [5.74, 6) is 0. The van der Waals surface area contributed by atoms with E-state index in [-0.39, 0.29) is 18.0 Å². The van der Waals surface area contributed by atoms with E-state index in [9.17, 15) is 13.5 Å². The van der Waals surface area contributed by atoms with Crippen LogP contribution in [0, 0.1) is 5.41 Å². The fourth-order valence-electron chi connectivity index (χ4n) is 1.98. The third-order valence-electron chi connectivity index (χ3n) is 3.35. The first-order valence-corrected chi connectivity index (χ1v) is 7.19. The predicted molar refractivity (Wildman–Crippen MR) is 65.6 cm³/mol. The van der Waals surface area contributed by atoms with Crippen molar-refractivity contribution in [1.29, 1.82) is 0 Å². The van der Waals surface area contributed by atoms with Crippen LogP contribution < -0.4 is 5.73 Å². The van der Waals surface area contributed by atoms with Crippen LogP contribution in [0.3, 0.4) is 0 Å². The van der Waals surface area contributed by atoms with Crippen LogP contribution in [0.4, 0.5) is 0 Å². The monoisotopic (exact) mass is 275 g/mol. The molecule has 0 bridgehead atoms. The maximum absolute atomic E-state index is 12.2. The van der Waals surface area contributed by atoms with Gasteiger partial charge in [0.15, 0.2) is 9.84 Å². The Morgan fingerprint density at radius 3 is 2.41 bits per heavy atom. The van der Waals surface area contributed by atoms with E-state index in [1.807, 2.05) is 0 Å². The summed E-state index contributed by atoms with van der Waals surface area (Å²) >= 11 is 5.71. The number of aliphatic hydroxyl groups excluding tert-OH is 1. The third-order valence-corrected chi connectivity index (χ3v) is 5.95. The highest BCUT2D eigenvalue weighted by Crippen LogP contribution is 2.51.